The van der Waals surface area contributed by atoms with E-state index in [1.54, 1.807) is 0 Å². The van der Waals surface area contributed by atoms with Crippen molar-refractivity contribution < 1.29 is 4.43 Å². The molecule has 0 aromatic heterocycles. The monoisotopic (exact) mass is 166 g/mol. The molecule has 0 spiro atoms. The van der Waals surface area contributed by atoms with Crippen LogP contribution in [0.15, 0.2) is 0 Å². The molecule has 0 aliphatic rings. The summed E-state index contributed by atoms with van der Waals surface area (Å²) in [5, 5.41) is 0. The minimum atomic E-state index is -1.73. The third kappa shape index (κ3) is 3.23. The maximum absolute atomic E-state index is 6.12. The van der Waals surface area contributed by atoms with E-state index >= 15 is 0 Å². The molecule has 3 heteroatoms. The van der Waals surface area contributed by atoms with Gasteiger partial charge in [0, 0.05) is 6.61 Å². The minimum absolute atomic E-state index is 0.761. The zero-order chi connectivity index (χ0) is 7.33. The summed E-state index contributed by atoms with van der Waals surface area (Å²) in [4.78, 5) is 0. The quantitative estimate of drug-likeness (QED) is 0.461. The van der Waals surface area contributed by atoms with Crippen LogP contribution in [0.5, 0.6) is 0 Å². The predicted octanol–water partition coefficient (Wildman–Crippen LogP) is 2.74. The second-order valence-corrected chi connectivity index (χ2v) is 7.56. The van der Waals surface area contributed by atoms with E-state index in [1.807, 2.05) is 6.92 Å². The summed E-state index contributed by atoms with van der Waals surface area (Å²) >= 11 is 6.12. The topological polar surface area (TPSA) is 9.23 Å². The first-order chi connectivity index (χ1) is 4.18. The molecule has 0 radical (unpaired) electrons. The molecule has 56 valence electrons. The molecule has 0 aliphatic heterocycles. The Labute approximate surface area is 63.2 Å². The molecule has 0 heterocycles. The summed E-state index contributed by atoms with van der Waals surface area (Å²) in [5.74, 6) is 0. The summed E-state index contributed by atoms with van der Waals surface area (Å²) in [6.45, 7) is 6.95. The molecule has 0 atom stereocenters. The van der Waals surface area contributed by atoms with Crippen molar-refractivity contribution in [1.29, 1.82) is 0 Å². The molecule has 0 aliphatic carbocycles. The average Bonchev–Trinajstić information content (AvgIpc) is 1.89. The van der Waals surface area contributed by atoms with Gasteiger partial charge in [0.1, 0.15) is 0 Å². The molecule has 0 rings (SSSR count). The van der Waals surface area contributed by atoms with Crippen molar-refractivity contribution in [2.45, 2.75) is 32.9 Å². The molecule has 0 aromatic rings. The molecule has 0 fully saturated rings. The lowest BCUT2D eigenvalue weighted by molar-refractivity contribution is 0.336. The van der Waals surface area contributed by atoms with Crippen molar-refractivity contribution in [3.63, 3.8) is 0 Å². The van der Waals surface area contributed by atoms with Gasteiger partial charge in [-0.05, 0) is 19.0 Å². The van der Waals surface area contributed by atoms with Gasteiger partial charge < -0.3 is 4.43 Å². The van der Waals surface area contributed by atoms with Gasteiger partial charge in [-0.15, -0.1) is 11.1 Å². The fraction of sp³-hybridized carbons (Fsp3) is 1.00. The van der Waals surface area contributed by atoms with Gasteiger partial charge in [0.25, 0.3) is 7.63 Å². The first kappa shape index (κ1) is 9.47. The van der Waals surface area contributed by atoms with Gasteiger partial charge in [-0.1, -0.05) is 13.8 Å². The third-order valence-corrected chi connectivity index (χ3v) is 6.31. The summed E-state index contributed by atoms with van der Waals surface area (Å²) in [5.41, 5.74) is 0. The molecule has 1 nitrogen and oxygen atoms in total. The van der Waals surface area contributed by atoms with E-state index in [0.717, 1.165) is 18.7 Å². The summed E-state index contributed by atoms with van der Waals surface area (Å²) in [7, 11) is -1.73. The van der Waals surface area contributed by atoms with E-state index in [-0.39, 0.29) is 0 Å². The van der Waals surface area contributed by atoms with Crippen LogP contribution in [-0.4, -0.2) is 14.2 Å². The van der Waals surface area contributed by atoms with Crippen molar-refractivity contribution in [3.8, 4) is 0 Å². The fourth-order valence-electron chi connectivity index (χ4n) is 0.713. The Morgan fingerprint density at radius 3 is 1.78 bits per heavy atom. The molecule has 0 saturated carbocycles. The Hall–Kier alpha value is 0.467. The second kappa shape index (κ2) is 4.31. The van der Waals surface area contributed by atoms with Crippen LogP contribution in [-0.2, 0) is 4.43 Å². The third-order valence-electron chi connectivity index (χ3n) is 1.46. The summed E-state index contributed by atoms with van der Waals surface area (Å²) in [6.07, 6.45) is 0. The molecular weight excluding hydrogens is 152 g/mol. The normalized spacial score (nSPS) is 12.0. The number of halogens is 1. The average molecular weight is 167 g/mol. The standard InChI is InChI=1S/C6H15ClOSi/c1-4-8-9(7,5-2)6-3/h4-6H2,1-3H3. The Kier molecular flexibility index (Phi) is 4.53. The highest BCUT2D eigenvalue weighted by molar-refractivity contribution is 7.16. The van der Waals surface area contributed by atoms with Gasteiger partial charge in [-0.3, -0.25) is 0 Å². The van der Waals surface area contributed by atoms with Crippen LogP contribution in [0.25, 0.3) is 0 Å². The lowest BCUT2D eigenvalue weighted by Crippen LogP contribution is -2.29. The molecule has 0 bridgehead atoms. The van der Waals surface area contributed by atoms with Crippen LogP contribution in [0.4, 0.5) is 0 Å². The number of hydrogen-bond acceptors (Lipinski definition) is 1. The maximum atomic E-state index is 6.12. The Morgan fingerprint density at radius 1 is 1.22 bits per heavy atom. The Balaban J connectivity index is 3.62. The van der Waals surface area contributed by atoms with E-state index < -0.39 is 7.63 Å². The number of hydrogen-bond donors (Lipinski definition) is 0. The van der Waals surface area contributed by atoms with Gasteiger partial charge in [0.05, 0.1) is 0 Å². The zero-order valence-electron chi connectivity index (χ0n) is 6.41. The second-order valence-electron chi connectivity index (χ2n) is 2.02. The minimum Gasteiger partial charge on any atom is -0.403 e. The largest absolute Gasteiger partial charge is 0.403 e. The summed E-state index contributed by atoms with van der Waals surface area (Å²) in [6, 6.07) is 2.03. The van der Waals surface area contributed by atoms with E-state index in [9.17, 15) is 0 Å². The molecule has 0 aromatic carbocycles. The van der Waals surface area contributed by atoms with Crippen molar-refractivity contribution in [2.24, 2.45) is 0 Å². The van der Waals surface area contributed by atoms with Crippen LogP contribution < -0.4 is 0 Å². The van der Waals surface area contributed by atoms with Gasteiger partial charge >= 0.3 is 0 Å². The van der Waals surface area contributed by atoms with Crippen molar-refractivity contribution in [1.82, 2.24) is 0 Å². The smallest absolute Gasteiger partial charge is 0.289 e. The van der Waals surface area contributed by atoms with Gasteiger partial charge in [-0.25, -0.2) is 0 Å². The van der Waals surface area contributed by atoms with Crippen molar-refractivity contribution >= 4 is 18.7 Å². The van der Waals surface area contributed by atoms with Crippen molar-refractivity contribution in [3.05, 3.63) is 0 Å². The first-order valence-corrected chi connectivity index (χ1v) is 6.84. The van der Waals surface area contributed by atoms with E-state index in [4.69, 9.17) is 15.5 Å². The molecular formula is C6H15ClOSi. The Morgan fingerprint density at radius 2 is 1.67 bits per heavy atom. The van der Waals surface area contributed by atoms with Crippen LogP contribution in [0.3, 0.4) is 0 Å². The molecule has 0 amide bonds. The van der Waals surface area contributed by atoms with Gasteiger partial charge in [0.15, 0.2) is 0 Å². The maximum Gasteiger partial charge on any atom is 0.289 e. The highest BCUT2D eigenvalue weighted by atomic mass is 35.6. The van der Waals surface area contributed by atoms with E-state index in [2.05, 4.69) is 13.8 Å². The van der Waals surface area contributed by atoms with Crippen LogP contribution in [0.1, 0.15) is 20.8 Å². The van der Waals surface area contributed by atoms with Gasteiger partial charge in [-0.2, -0.15) is 0 Å². The SMILES string of the molecule is CCO[Si](Cl)(CC)CC. The Bertz CT molecular complexity index is 73.5. The summed E-state index contributed by atoms with van der Waals surface area (Å²) < 4.78 is 5.43. The van der Waals surface area contributed by atoms with E-state index in [0.29, 0.717) is 0 Å². The zero-order valence-corrected chi connectivity index (χ0v) is 8.16. The highest BCUT2D eigenvalue weighted by Gasteiger charge is 2.26. The fourth-order valence-corrected chi connectivity index (χ4v) is 2.47. The van der Waals surface area contributed by atoms with Crippen LogP contribution in [0.2, 0.25) is 12.1 Å². The molecule has 0 saturated heterocycles. The lowest BCUT2D eigenvalue weighted by atomic mass is 10.9. The van der Waals surface area contributed by atoms with Crippen LogP contribution in [0, 0.1) is 0 Å². The highest BCUT2D eigenvalue weighted by Crippen LogP contribution is 2.20. The molecule has 0 N–H and O–H groups in total. The van der Waals surface area contributed by atoms with E-state index in [1.165, 1.54) is 0 Å². The predicted molar refractivity (Wildman–Crippen MR) is 44.2 cm³/mol. The molecule has 9 heavy (non-hydrogen) atoms. The van der Waals surface area contributed by atoms with Crippen LogP contribution >= 0.6 is 11.1 Å². The lowest BCUT2D eigenvalue weighted by Gasteiger charge is -2.19. The van der Waals surface area contributed by atoms with Gasteiger partial charge in [0.2, 0.25) is 0 Å². The first-order valence-electron chi connectivity index (χ1n) is 3.51. The molecule has 0 unspecified atom stereocenters. The number of rotatable bonds is 4. The van der Waals surface area contributed by atoms with Crippen molar-refractivity contribution in [2.75, 3.05) is 6.61 Å².